The van der Waals surface area contributed by atoms with Gasteiger partial charge in [0.05, 0.1) is 17.9 Å². The van der Waals surface area contributed by atoms with E-state index in [1.54, 1.807) is 31.5 Å². The number of benzene rings is 1. The first-order chi connectivity index (χ1) is 14.9. The smallest absolute Gasteiger partial charge is 0.321 e. The Labute approximate surface area is 182 Å². The van der Waals surface area contributed by atoms with Crippen LogP contribution >= 0.6 is 11.3 Å². The third-order valence-electron chi connectivity index (χ3n) is 4.28. The van der Waals surface area contributed by atoms with E-state index >= 15 is 0 Å². The van der Waals surface area contributed by atoms with Crippen LogP contribution in [0.3, 0.4) is 0 Å². The number of carbonyl (C=O) groups is 2. The van der Waals surface area contributed by atoms with Crippen LogP contribution in [-0.2, 0) is 24.4 Å². The molecular formula is C20H22FN5O4S. The molecule has 2 aromatic heterocycles. The first-order valence-corrected chi connectivity index (χ1v) is 10.2. The normalized spacial score (nSPS) is 10.7. The van der Waals surface area contributed by atoms with Gasteiger partial charge in [0.15, 0.2) is 10.9 Å². The molecule has 0 aliphatic carbocycles. The van der Waals surface area contributed by atoms with Crippen LogP contribution < -0.4 is 10.6 Å². The van der Waals surface area contributed by atoms with Crippen molar-refractivity contribution in [2.24, 2.45) is 0 Å². The summed E-state index contributed by atoms with van der Waals surface area (Å²) in [6.07, 6.45) is 0. The molecule has 0 aliphatic heterocycles. The van der Waals surface area contributed by atoms with Crippen molar-refractivity contribution in [1.82, 2.24) is 20.4 Å². The summed E-state index contributed by atoms with van der Waals surface area (Å²) in [6.45, 7) is 2.25. The zero-order chi connectivity index (χ0) is 22.4. The first kappa shape index (κ1) is 22.4. The van der Waals surface area contributed by atoms with Crippen molar-refractivity contribution in [2.45, 2.75) is 26.6 Å². The predicted octanol–water partition coefficient (Wildman–Crippen LogP) is 3.32. The molecule has 0 unspecified atom stereocenters. The van der Waals surface area contributed by atoms with E-state index in [1.165, 1.54) is 35.5 Å². The molecule has 9 nitrogen and oxygen atoms in total. The average Bonchev–Trinajstić information content (AvgIpc) is 3.32. The highest BCUT2D eigenvalue weighted by atomic mass is 32.1. The van der Waals surface area contributed by atoms with Gasteiger partial charge in [0.1, 0.15) is 18.0 Å². The van der Waals surface area contributed by atoms with Gasteiger partial charge >= 0.3 is 6.03 Å². The quantitative estimate of drug-likeness (QED) is 0.548. The Morgan fingerprint density at radius 2 is 2.16 bits per heavy atom. The van der Waals surface area contributed by atoms with Crippen LogP contribution in [0.4, 0.5) is 14.3 Å². The molecular weight excluding hydrogens is 425 g/mol. The SMILES string of the molecule is COCc1onc(C)c1C(=O)N(C)Cc1csc(NC(=O)NCc2cccc(F)c2)n1. The molecule has 0 bridgehead atoms. The van der Waals surface area contributed by atoms with Gasteiger partial charge in [-0.3, -0.25) is 10.1 Å². The fourth-order valence-corrected chi connectivity index (χ4v) is 3.53. The summed E-state index contributed by atoms with van der Waals surface area (Å²) in [4.78, 5) is 30.7. The molecule has 2 heterocycles. The van der Waals surface area contributed by atoms with Crippen LogP contribution in [0.15, 0.2) is 34.2 Å². The maximum absolute atomic E-state index is 13.2. The van der Waals surface area contributed by atoms with Crippen LogP contribution in [0.25, 0.3) is 0 Å². The van der Waals surface area contributed by atoms with Crippen LogP contribution in [0, 0.1) is 12.7 Å². The Morgan fingerprint density at radius 1 is 1.35 bits per heavy atom. The molecule has 164 valence electrons. The lowest BCUT2D eigenvalue weighted by molar-refractivity contribution is 0.0774. The van der Waals surface area contributed by atoms with Crippen molar-refractivity contribution in [3.8, 4) is 0 Å². The highest BCUT2D eigenvalue weighted by Gasteiger charge is 2.24. The topological polar surface area (TPSA) is 110 Å². The minimum atomic E-state index is -0.459. The van der Waals surface area contributed by atoms with Crippen molar-refractivity contribution < 1.29 is 23.2 Å². The molecule has 0 aliphatic rings. The Bertz CT molecular complexity index is 1070. The number of thiazole rings is 1. The fourth-order valence-electron chi connectivity index (χ4n) is 2.83. The number of urea groups is 1. The largest absolute Gasteiger partial charge is 0.377 e. The summed E-state index contributed by atoms with van der Waals surface area (Å²) in [5, 5.41) is 11.2. The summed E-state index contributed by atoms with van der Waals surface area (Å²) in [7, 11) is 3.15. The van der Waals surface area contributed by atoms with Gasteiger partial charge in [-0.15, -0.1) is 11.3 Å². The van der Waals surface area contributed by atoms with Crippen LogP contribution in [0.1, 0.15) is 33.1 Å². The lowest BCUT2D eigenvalue weighted by Crippen LogP contribution is -2.28. The minimum absolute atomic E-state index is 0.144. The zero-order valence-corrected chi connectivity index (χ0v) is 18.1. The highest BCUT2D eigenvalue weighted by molar-refractivity contribution is 7.13. The molecule has 0 saturated heterocycles. The maximum atomic E-state index is 13.2. The van der Waals surface area contributed by atoms with E-state index in [0.717, 1.165) is 0 Å². The van der Waals surface area contributed by atoms with Gasteiger partial charge in [0.2, 0.25) is 0 Å². The van der Waals surface area contributed by atoms with Crippen LogP contribution in [0.5, 0.6) is 0 Å². The maximum Gasteiger partial charge on any atom is 0.321 e. The fraction of sp³-hybridized carbons (Fsp3) is 0.300. The van der Waals surface area contributed by atoms with E-state index in [-0.39, 0.29) is 31.4 Å². The number of anilines is 1. The van der Waals surface area contributed by atoms with E-state index in [4.69, 9.17) is 9.26 Å². The van der Waals surface area contributed by atoms with E-state index < -0.39 is 6.03 Å². The second kappa shape index (κ2) is 10.1. The predicted molar refractivity (Wildman–Crippen MR) is 112 cm³/mol. The monoisotopic (exact) mass is 447 g/mol. The molecule has 0 fully saturated rings. The molecule has 3 amide bonds. The van der Waals surface area contributed by atoms with Crippen LogP contribution in [0.2, 0.25) is 0 Å². The molecule has 3 aromatic rings. The number of methoxy groups -OCH3 is 1. The Morgan fingerprint density at radius 3 is 2.90 bits per heavy atom. The van der Waals surface area contributed by atoms with E-state index in [1.807, 2.05) is 0 Å². The summed E-state index contributed by atoms with van der Waals surface area (Å²) in [6, 6.07) is 5.52. The zero-order valence-electron chi connectivity index (χ0n) is 17.3. The number of halogens is 1. The summed E-state index contributed by atoms with van der Waals surface area (Å²) in [5.74, 6) is -0.257. The Hall–Kier alpha value is -3.31. The minimum Gasteiger partial charge on any atom is -0.377 e. The van der Waals surface area contributed by atoms with Gasteiger partial charge in [0.25, 0.3) is 5.91 Å². The van der Waals surface area contributed by atoms with Crippen molar-refractivity contribution in [2.75, 3.05) is 19.5 Å². The van der Waals surface area contributed by atoms with E-state index in [2.05, 4.69) is 20.8 Å². The molecule has 11 heteroatoms. The molecule has 0 atom stereocenters. The van der Waals surface area contributed by atoms with Crippen molar-refractivity contribution in [1.29, 1.82) is 0 Å². The Balaban J connectivity index is 1.55. The third kappa shape index (κ3) is 5.86. The van der Waals surface area contributed by atoms with Gasteiger partial charge in [0, 0.05) is 26.1 Å². The summed E-state index contributed by atoms with van der Waals surface area (Å²) < 4.78 is 23.4. The van der Waals surface area contributed by atoms with Gasteiger partial charge in [-0.2, -0.15) is 0 Å². The number of hydrogen-bond donors (Lipinski definition) is 2. The first-order valence-electron chi connectivity index (χ1n) is 9.30. The van der Waals surface area contributed by atoms with Gasteiger partial charge in [-0.1, -0.05) is 17.3 Å². The van der Waals surface area contributed by atoms with Crippen LogP contribution in [-0.4, -0.2) is 41.1 Å². The number of carbonyl (C=O) groups excluding carboxylic acids is 2. The Kier molecular flexibility index (Phi) is 7.32. The molecule has 0 radical (unpaired) electrons. The standard InChI is InChI=1S/C20H22FN5O4S/c1-12-17(16(10-29-3)30-25-12)18(27)26(2)9-15-11-31-20(23-15)24-19(28)22-8-13-5-4-6-14(21)7-13/h4-7,11H,8-10H2,1-3H3,(H2,22,23,24,28). The average molecular weight is 447 g/mol. The summed E-state index contributed by atoms with van der Waals surface area (Å²) >= 11 is 1.24. The second-order valence-corrected chi connectivity index (χ2v) is 7.60. The molecule has 3 rings (SSSR count). The number of aromatic nitrogens is 2. The van der Waals surface area contributed by atoms with Gasteiger partial charge in [-0.25, -0.2) is 14.2 Å². The van der Waals surface area contributed by atoms with Gasteiger partial charge in [-0.05, 0) is 24.6 Å². The number of nitrogens with one attached hydrogen (secondary N) is 2. The number of hydrogen-bond acceptors (Lipinski definition) is 7. The lowest BCUT2D eigenvalue weighted by Gasteiger charge is -2.15. The van der Waals surface area contributed by atoms with Crippen molar-refractivity contribution in [3.63, 3.8) is 0 Å². The molecule has 0 saturated carbocycles. The number of amides is 3. The highest BCUT2D eigenvalue weighted by Crippen LogP contribution is 2.20. The molecule has 0 spiro atoms. The van der Waals surface area contributed by atoms with E-state index in [9.17, 15) is 14.0 Å². The number of nitrogens with zero attached hydrogens (tertiary/aromatic N) is 3. The number of rotatable bonds is 8. The van der Waals surface area contributed by atoms with Gasteiger partial charge < -0.3 is 19.5 Å². The third-order valence-corrected chi connectivity index (χ3v) is 5.09. The van der Waals surface area contributed by atoms with E-state index in [0.29, 0.717) is 33.4 Å². The molecule has 1 aromatic carbocycles. The number of ether oxygens (including phenoxy) is 1. The van der Waals surface area contributed by atoms with Crippen molar-refractivity contribution in [3.05, 3.63) is 63.7 Å². The lowest BCUT2D eigenvalue weighted by atomic mass is 10.1. The molecule has 2 N–H and O–H groups in total. The number of aryl methyl sites for hydroxylation is 1. The van der Waals surface area contributed by atoms with Crippen molar-refractivity contribution >= 4 is 28.4 Å². The molecule has 31 heavy (non-hydrogen) atoms. The second-order valence-electron chi connectivity index (χ2n) is 6.74. The summed E-state index contributed by atoms with van der Waals surface area (Å²) in [5.41, 5.74) is 2.12.